The van der Waals surface area contributed by atoms with E-state index < -0.39 is 5.60 Å². The van der Waals surface area contributed by atoms with Crippen molar-refractivity contribution in [3.63, 3.8) is 0 Å². The molecule has 0 spiro atoms. The van der Waals surface area contributed by atoms with Crippen LogP contribution in [0, 0.1) is 13.8 Å². The third kappa shape index (κ3) is 2.04. The molecule has 2 N–H and O–H groups in total. The van der Waals surface area contributed by atoms with E-state index in [-0.39, 0.29) is 5.75 Å². The molecule has 0 saturated carbocycles. The summed E-state index contributed by atoms with van der Waals surface area (Å²) in [7, 11) is 1.50. The zero-order valence-electron chi connectivity index (χ0n) is 10.2. The van der Waals surface area contributed by atoms with Crippen LogP contribution in [0.5, 0.6) is 11.5 Å². The molecule has 4 heteroatoms. The van der Waals surface area contributed by atoms with E-state index in [1.54, 1.807) is 13.8 Å². The quantitative estimate of drug-likeness (QED) is 0.880. The number of rotatable bonds is 2. The number of ether oxygens (including phenoxy) is 1. The topological polar surface area (TPSA) is 49.7 Å². The molecule has 0 fully saturated rings. The molecule has 0 heterocycles. The van der Waals surface area contributed by atoms with Crippen molar-refractivity contribution < 1.29 is 14.9 Å². The van der Waals surface area contributed by atoms with Crippen molar-refractivity contribution >= 4 is 15.9 Å². The van der Waals surface area contributed by atoms with Crippen molar-refractivity contribution in [2.24, 2.45) is 0 Å². The average molecular weight is 289 g/mol. The number of halogens is 1. The molecular formula is C12H17BrO3. The van der Waals surface area contributed by atoms with Crippen LogP contribution in [0.3, 0.4) is 0 Å². The van der Waals surface area contributed by atoms with Crippen LogP contribution in [0.15, 0.2) is 4.47 Å². The van der Waals surface area contributed by atoms with E-state index in [1.165, 1.54) is 7.11 Å². The highest BCUT2D eigenvalue weighted by molar-refractivity contribution is 9.10. The minimum Gasteiger partial charge on any atom is -0.504 e. The van der Waals surface area contributed by atoms with E-state index >= 15 is 0 Å². The maximum absolute atomic E-state index is 10.1. The Hall–Kier alpha value is -0.740. The summed E-state index contributed by atoms with van der Waals surface area (Å²) < 4.78 is 6.00. The molecule has 1 aromatic carbocycles. The van der Waals surface area contributed by atoms with Crippen molar-refractivity contribution in [1.29, 1.82) is 0 Å². The van der Waals surface area contributed by atoms with Crippen molar-refractivity contribution in [2.45, 2.75) is 33.3 Å². The van der Waals surface area contributed by atoms with Crippen molar-refractivity contribution in [2.75, 3.05) is 7.11 Å². The molecular weight excluding hydrogens is 272 g/mol. The van der Waals surface area contributed by atoms with Gasteiger partial charge in [-0.05, 0) is 33.3 Å². The van der Waals surface area contributed by atoms with Crippen molar-refractivity contribution in [3.05, 3.63) is 21.2 Å². The van der Waals surface area contributed by atoms with Gasteiger partial charge in [-0.2, -0.15) is 0 Å². The number of aliphatic hydroxyl groups is 1. The summed E-state index contributed by atoms with van der Waals surface area (Å²) in [6.07, 6.45) is 0. The van der Waals surface area contributed by atoms with Gasteiger partial charge in [0.1, 0.15) is 0 Å². The van der Waals surface area contributed by atoms with Crippen LogP contribution in [0.1, 0.15) is 30.5 Å². The first-order valence-corrected chi connectivity index (χ1v) is 5.79. The van der Waals surface area contributed by atoms with Gasteiger partial charge in [0, 0.05) is 15.6 Å². The van der Waals surface area contributed by atoms with Crippen LogP contribution in [0.25, 0.3) is 0 Å². The summed E-state index contributed by atoms with van der Waals surface area (Å²) in [4.78, 5) is 0. The molecule has 3 nitrogen and oxygen atoms in total. The van der Waals surface area contributed by atoms with Gasteiger partial charge >= 0.3 is 0 Å². The highest BCUT2D eigenvalue weighted by Crippen LogP contribution is 2.45. The first kappa shape index (κ1) is 13.3. The molecule has 16 heavy (non-hydrogen) atoms. The van der Waals surface area contributed by atoms with Gasteiger partial charge in [0.2, 0.25) is 0 Å². The fourth-order valence-electron chi connectivity index (χ4n) is 1.96. The molecule has 0 saturated heterocycles. The molecule has 0 radical (unpaired) electrons. The lowest BCUT2D eigenvalue weighted by molar-refractivity contribution is 0.0745. The van der Waals surface area contributed by atoms with Crippen molar-refractivity contribution in [1.82, 2.24) is 0 Å². The van der Waals surface area contributed by atoms with Crippen LogP contribution in [-0.2, 0) is 5.60 Å². The summed E-state index contributed by atoms with van der Waals surface area (Å²) in [5.41, 5.74) is 1.02. The van der Waals surface area contributed by atoms with E-state index in [1.807, 2.05) is 13.8 Å². The highest BCUT2D eigenvalue weighted by Gasteiger charge is 2.28. The SMILES string of the molecule is COc1c(C)c(Br)c(C)c(C(C)(C)O)c1O. The Balaban J connectivity index is 3.69. The second kappa shape index (κ2) is 4.26. The maximum atomic E-state index is 10.1. The largest absolute Gasteiger partial charge is 0.504 e. The smallest absolute Gasteiger partial charge is 0.164 e. The first-order valence-electron chi connectivity index (χ1n) is 5.00. The Morgan fingerprint density at radius 2 is 1.69 bits per heavy atom. The van der Waals surface area contributed by atoms with E-state index in [2.05, 4.69) is 15.9 Å². The first-order chi connectivity index (χ1) is 7.21. The second-order valence-electron chi connectivity index (χ2n) is 4.38. The summed E-state index contributed by atoms with van der Waals surface area (Å²) in [6, 6.07) is 0. The maximum Gasteiger partial charge on any atom is 0.164 e. The Bertz CT molecular complexity index is 419. The molecule has 0 aromatic heterocycles. The van der Waals surface area contributed by atoms with Crippen LogP contribution in [-0.4, -0.2) is 17.3 Å². The number of benzene rings is 1. The Labute approximate surface area is 104 Å². The summed E-state index contributed by atoms with van der Waals surface area (Å²) in [5.74, 6) is 0.405. The van der Waals surface area contributed by atoms with Gasteiger partial charge in [-0.1, -0.05) is 15.9 Å². The molecule has 0 amide bonds. The van der Waals surface area contributed by atoms with Gasteiger partial charge in [0.05, 0.1) is 12.7 Å². The molecule has 0 bridgehead atoms. The van der Waals surface area contributed by atoms with E-state index in [0.717, 1.165) is 15.6 Å². The fourth-order valence-corrected chi connectivity index (χ4v) is 2.34. The number of aromatic hydroxyl groups is 1. The average Bonchev–Trinajstić information content (AvgIpc) is 2.13. The van der Waals surface area contributed by atoms with Gasteiger partial charge < -0.3 is 14.9 Å². The third-order valence-corrected chi connectivity index (χ3v) is 3.83. The van der Waals surface area contributed by atoms with E-state index in [0.29, 0.717) is 11.3 Å². The van der Waals surface area contributed by atoms with Gasteiger partial charge in [-0.15, -0.1) is 0 Å². The molecule has 0 unspecified atom stereocenters. The number of hydrogen-bond donors (Lipinski definition) is 2. The Kier molecular flexibility index (Phi) is 3.55. The van der Waals surface area contributed by atoms with Crippen LogP contribution in [0.4, 0.5) is 0 Å². The zero-order chi connectivity index (χ0) is 12.7. The van der Waals surface area contributed by atoms with Crippen molar-refractivity contribution in [3.8, 4) is 11.5 Å². The summed E-state index contributed by atoms with van der Waals surface area (Å²) in [6.45, 7) is 6.97. The Morgan fingerprint density at radius 1 is 1.19 bits per heavy atom. The minimum absolute atomic E-state index is 0.00759. The third-order valence-electron chi connectivity index (χ3n) is 2.64. The minimum atomic E-state index is -1.11. The van der Waals surface area contributed by atoms with E-state index in [9.17, 15) is 10.2 Å². The van der Waals surface area contributed by atoms with Crippen LogP contribution >= 0.6 is 15.9 Å². The molecule has 0 atom stereocenters. The monoisotopic (exact) mass is 288 g/mol. The van der Waals surface area contributed by atoms with E-state index in [4.69, 9.17) is 4.74 Å². The lowest BCUT2D eigenvalue weighted by atomic mass is 9.91. The summed E-state index contributed by atoms with van der Waals surface area (Å²) in [5, 5.41) is 20.2. The standard InChI is InChI=1S/C12H17BrO3/c1-6-8(12(3,4)15)10(14)11(16-5)7(2)9(6)13/h14-15H,1-5H3. The van der Waals surface area contributed by atoms with Crippen LogP contribution < -0.4 is 4.74 Å². The predicted molar refractivity (Wildman–Crippen MR) is 67.1 cm³/mol. The number of phenolic OH excluding ortho intramolecular Hbond substituents is 1. The molecule has 0 aliphatic rings. The number of phenols is 1. The number of hydrogen-bond acceptors (Lipinski definition) is 3. The van der Waals surface area contributed by atoms with Gasteiger partial charge in [0.15, 0.2) is 11.5 Å². The summed E-state index contributed by atoms with van der Waals surface area (Å²) >= 11 is 3.45. The van der Waals surface area contributed by atoms with Crippen LogP contribution in [0.2, 0.25) is 0 Å². The van der Waals surface area contributed by atoms with Gasteiger partial charge in [-0.25, -0.2) is 0 Å². The second-order valence-corrected chi connectivity index (χ2v) is 5.17. The zero-order valence-corrected chi connectivity index (χ0v) is 11.8. The normalized spacial score (nSPS) is 11.7. The van der Waals surface area contributed by atoms with Gasteiger partial charge in [0.25, 0.3) is 0 Å². The number of methoxy groups -OCH3 is 1. The lowest BCUT2D eigenvalue weighted by Gasteiger charge is -2.25. The molecule has 90 valence electrons. The fraction of sp³-hybridized carbons (Fsp3) is 0.500. The molecule has 0 aliphatic heterocycles. The molecule has 0 aliphatic carbocycles. The predicted octanol–water partition coefficient (Wildman–Crippen LogP) is 3.01. The Morgan fingerprint density at radius 3 is 2.06 bits per heavy atom. The lowest BCUT2D eigenvalue weighted by Crippen LogP contribution is -2.18. The molecule has 1 aromatic rings. The molecule has 1 rings (SSSR count). The highest BCUT2D eigenvalue weighted by atomic mass is 79.9. The van der Waals surface area contributed by atoms with Gasteiger partial charge in [-0.3, -0.25) is 0 Å².